The molecule has 2 aromatic rings. The standard InChI is InChI=1S/C19H21N5O3S/c1-3-27-17(25)15-13(10-28-19-21-11(2)9-14(20)23-19)22-18(26)24-16(15)12-7-5-4-6-8-12/h4-9,16H,3,10H2,1-2H3,(H2,20,21,23)(H2,22,24,26)/t16-/m1/s1. The van der Waals surface area contributed by atoms with Gasteiger partial charge in [0.25, 0.3) is 0 Å². The SMILES string of the molecule is CCOC(=O)C1=C(CSc2nc(C)cc(N)n2)NC(=O)N[C@@H]1c1ccccc1. The van der Waals surface area contributed by atoms with Crippen molar-refractivity contribution >= 4 is 29.6 Å². The molecule has 0 aliphatic carbocycles. The van der Waals surface area contributed by atoms with Crippen LogP contribution in [0.4, 0.5) is 10.6 Å². The molecule has 0 saturated carbocycles. The Bertz CT molecular complexity index is 897. The van der Waals surface area contributed by atoms with Crippen molar-refractivity contribution < 1.29 is 14.3 Å². The van der Waals surface area contributed by atoms with Crippen molar-refractivity contribution in [3.8, 4) is 0 Å². The van der Waals surface area contributed by atoms with Crippen LogP contribution in [0, 0.1) is 6.92 Å². The predicted molar refractivity (Wildman–Crippen MR) is 106 cm³/mol. The fourth-order valence-corrected chi connectivity index (χ4v) is 3.72. The average molecular weight is 399 g/mol. The van der Waals surface area contributed by atoms with Crippen LogP contribution in [0.15, 0.2) is 52.8 Å². The molecule has 1 aliphatic rings. The molecule has 2 amide bonds. The number of carbonyl (C=O) groups excluding carboxylic acids is 2. The van der Waals surface area contributed by atoms with E-state index in [4.69, 9.17) is 10.5 Å². The number of amides is 2. The number of carbonyl (C=O) groups is 2. The molecule has 1 aromatic carbocycles. The minimum atomic E-state index is -0.604. The molecule has 9 heteroatoms. The van der Waals surface area contributed by atoms with Crippen LogP contribution in [0.25, 0.3) is 0 Å². The number of hydrogen-bond donors (Lipinski definition) is 3. The van der Waals surface area contributed by atoms with Crippen LogP contribution in [-0.2, 0) is 9.53 Å². The number of hydrogen-bond acceptors (Lipinski definition) is 7. The largest absolute Gasteiger partial charge is 0.463 e. The Kier molecular flexibility index (Phi) is 6.15. The van der Waals surface area contributed by atoms with Gasteiger partial charge in [0.15, 0.2) is 5.16 Å². The third-order valence-corrected chi connectivity index (χ3v) is 4.85. The number of nitrogens with two attached hydrogens (primary N) is 1. The average Bonchev–Trinajstić information content (AvgIpc) is 2.66. The number of ether oxygens (including phenoxy) is 1. The summed E-state index contributed by atoms with van der Waals surface area (Å²) in [4.78, 5) is 33.4. The van der Waals surface area contributed by atoms with Crippen molar-refractivity contribution in [1.82, 2.24) is 20.6 Å². The van der Waals surface area contributed by atoms with E-state index in [9.17, 15) is 9.59 Å². The Morgan fingerprint density at radius 1 is 1.29 bits per heavy atom. The first-order valence-electron chi connectivity index (χ1n) is 8.74. The van der Waals surface area contributed by atoms with E-state index in [1.54, 1.807) is 13.0 Å². The summed E-state index contributed by atoms with van der Waals surface area (Å²) in [5.41, 5.74) is 8.13. The summed E-state index contributed by atoms with van der Waals surface area (Å²) in [5, 5.41) is 5.99. The summed E-state index contributed by atoms with van der Waals surface area (Å²) in [6.07, 6.45) is 0. The Balaban J connectivity index is 1.96. The molecule has 1 aromatic heterocycles. The summed E-state index contributed by atoms with van der Waals surface area (Å²) in [6.45, 7) is 3.79. The predicted octanol–water partition coefficient (Wildman–Crippen LogP) is 2.33. The maximum absolute atomic E-state index is 12.7. The van der Waals surface area contributed by atoms with Gasteiger partial charge in [-0.3, -0.25) is 0 Å². The summed E-state index contributed by atoms with van der Waals surface area (Å²) < 4.78 is 5.24. The Morgan fingerprint density at radius 2 is 2.04 bits per heavy atom. The van der Waals surface area contributed by atoms with Gasteiger partial charge in [-0.15, -0.1) is 0 Å². The maximum atomic E-state index is 12.7. The van der Waals surface area contributed by atoms with Crippen molar-refractivity contribution in [1.29, 1.82) is 0 Å². The van der Waals surface area contributed by atoms with E-state index in [0.717, 1.165) is 11.3 Å². The van der Waals surface area contributed by atoms with Crippen molar-refractivity contribution in [3.05, 3.63) is 58.9 Å². The van der Waals surface area contributed by atoms with Gasteiger partial charge in [0.05, 0.1) is 18.2 Å². The second kappa shape index (κ2) is 8.75. The van der Waals surface area contributed by atoms with Gasteiger partial charge in [0, 0.05) is 23.2 Å². The van der Waals surface area contributed by atoms with E-state index in [-0.39, 0.29) is 18.4 Å². The lowest BCUT2D eigenvalue weighted by Crippen LogP contribution is -2.46. The van der Waals surface area contributed by atoms with Gasteiger partial charge in [-0.25, -0.2) is 19.6 Å². The van der Waals surface area contributed by atoms with Crippen molar-refractivity contribution in [2.45, 2.75) is 25.0 Å². The van der Waals surface area contributed by atoms with Crippen molar-refractivity contribution in [2.24, 2.45) is 0 Å². The molecule has 8 nitrogen and oxygen atoms in total. The van der Waals surface area contributed by atoms with E-state index in [1.165, 1.54) is 11.8 Å². The molecule has 28 heavy (non-hydrogen) atoms. The number of nitrogen functional groups attached to an aromatic ring is 1. The molecule has 146 valence electrons. The number of urea groups is 1. The number of nitrogens with zero attached hydrogens (tertiary/aromatic N) is 2. The van der Waals surface area contributed by atoms with Crippen LogP contribution in [-0.4, -0.2) is 34.3 Å². The number of thioether (sulfide) groups is 1. The fraction of sp³-hybridized carbons (Fsp3) is 0.263. The van der Waals surface area contributed by atoms with Gasteiger partial charge in [-0.05, 0) is 19.4 Å². The van der Waals surface area contributed by atoms with Crippen LogP contribution in [0.2, 0.25) is 0 Å². The topological polar surface area (TPSA) is 119 Å². The van der Waals surface area contributed by atoms with Crippen LogP contribution >= 0.6 is 11.8 Å². The molecule has 3 rings (SSSR count). The minimum absolute atomic E-state index is 0.232. The van der Waals surface area contributed by atoms with Gasteiger partial charge >= 0.3 is 12.0 Å². The highest BCUT2D eigenvalue weighted by Crippen LogP contribution is 2.30. The zero-order valence-corrected chi connectivity index (χ0v) is 16.4. The van der Waals surface area contributed by atoms with E-state index in [0.29, 0.717) is 22.2 Å². The number of esters is 1. The van der Waals surface area contributed by atoms with E-state index >= 15 is 0 Å². The quantitative estimate of drug-likeness (QED) is 0.387. The zero-order chi connectivity index (χ0) is 20.1. The molecule has 0 fully saturated rings. The van der Waals surface area contributed by atoms with E-state index < -0.39 is 12.0 Å². The van der Waals surface area contributed by atoms with Crippen molar-refractivity contribution in [2.75, 3.05) is 18.1 Å². The van der Waals surface area contributed by atoms with Crippen LogP contribution < -0.4 is 16.4 Å². The third-order valence-electron chi connectivity index (χ3n) is 3.98. The third kappa shape index (κ3) is 4.61. The Hall–Kier alpha value is -3.07. The Labute approximate surface area is 167 Å². The van der Waals surface area contributed by atoms with Gasteiger partial charge in [0.2, 0.25) is 0 Å². The molecule has 0 spiro atoms. The monoisotopic (exact) mass is 399 g/mol. The van der Waals surface area contributed by atoms with Crippen molar-refractivity contribution in [3.63, 3.8) is 0 Å². The van der Waals surface area contributed by atoms with Crippen LogP contribution in [0.5, 0.6) is 0 Å². The highest BCUT2D eigenvalue weighted by Gasteiger charge is 2.33. The molecule has 0 saturated heterocycles. The number of aryl methyl sites for hydroxylation is 1. The number of rotatable bonds is 6. The summed E-state index contributed by atoms with van der Waals surface area (Å²) in [5.74, 6) is 0.170. The first kappa shape index (κ1) is 19.7. The first-order chi connectivity index (χ1) is 13.5. The molecule has 4 N–H and O–H groups in total. The molecular weight excluding hydrogens is 378 g/mol. The second-order valence-electron chi connectivity index (χ2n) is 6.06. The summed E-state index contributed by atoms with van der Waals surface area (Å²) >= 11 is 1.28. The van der Waals surface area contributed by atoms with Gasteiger partial charge < -0.3 is 21.1 Å². The highest BCUT2D eigenvalue weighted by atomic mass is 32.2. The fourth-order valence-electron chi connectivity index (χ4n) is 2.84. The number of nitrogens with one attached hydrogen (secondary N) is 2. The summed E-state index contributed by atoms with van der Waals surface area (Å²) in [6, 6.07) is 9.96. The Morgan fingerprint density at radius 3 is 2.71 bits per heavy atom. The number of aromatic nitrogens is 2. The summed E-state index contributed by atoms with van der Waals surface area (Å²) in [7, 11) is 0. The van der Waals surface area contributed by atoms with Crippen LogP contribution in [0.3, 0.4) is 0 Å². The molecule has 2 heterocycles. The molecule has 0 unspecified atom stereocenters. The lowest BCUT2D eigenvalue weighted by molar-refractivity contribution is -0.139. The molecular formula is C19H21N5O3S. The van der Waals surface area contributed by atoms with Crippen LogP contribution in [0.1, 0.15) is 24.2 Å². The van der Waals surface area contributed by atoms with E-state index in [1.807, 2.05) is 37.3 Å². The lowest BCUT2D eigenvalue weighted by Gasteiger charge is -2.29. The first-order valence-corrected chi connectivity index (χ1v) is 9.73. The maximum Gasteiger partial charge on any atom is 0.338 e. The smallest absolute Gasteiger partial charge is 0.338 e. The molecule has 0 radical (unpaired) electrons. The number of benzene rings is 1. The minimum Gasteiger partial charge on any atom is -0.463 e. The molecule has 1 atom stereocenters. The normalized spacial score (nSPS) is 16.4. The van der Waals surface area contributed by atoms with Gasteiger partial charge in [-0.2, -0.15) is 0 Å². The van der Waals surface area contributed by atoms with Gasteiger partial charge in [0.1, 0.15) is 5.82 Å². The zero-order valence-electron chi connectivity index (χ0n) is 15.6. The lowest BCUT2D eigenvalue weighted by atomic mass is 9.95. The second-order valence-corrected chi connectivity index (χ2v) is 7.00. The molecule has 1 aliphatic heterocycles. The highest BCUT2D eigenvalue weighted by molar-refractivity contribution is 7.99. The van der Waals surface area contributed by atoms with Gasteiger partial charge in [-0.1, -0.05) is 42.1 Å². The molecule has 0 bridgehead atoms. The van der Waals surface area contributed by atoms with E-state index in [2.05, 4.69) is 20.6 Å². The number of anilines is 1.